The zero-order valence-corrected chi connectivity index (χ0v) is 12.1. The van der Waals surface area contributed by atoms with Gasteiger partial charge < -0.3 is 16.2 Å². The van der Waals surface area contributed by atoms with Crippen molar-refractivity contribution < 1.29 is 5.11 Å². The van der Waals surface area contributed by atoms with E-state index >= 15 is 0 Å². The maximum absolute atomic E-state index is 11.8. The molecule has 1 aromatic heterocycles. The smallest absolute Gasteiger partial charge is 0.330 e. The molecular formula is C13H24N4O3. The Bertz CT molecular complexity index is 535. The van der Waals surface area contributed by atoms with E-state index in [1.54, 1.807) is 0 Å². The molecule has 1 rings (SSSR count). The highest BCUT2D eigenvalue weighted by molar-refractivity contribution is 5.60. The third kappa shape index (κ3) is 4.12. The number of aliphatic hydroxyl groups excluding tert-OH is 1. The molecule has 1 heterocycles. The number of nitrogen functional groups attached to an aromatic ring is 1. The lowest BCUT2D eigenvalue weighted by Crippen LogP contribution is -2.34. The zero-order chi connectivity index (χ0) is 15.1. The quantitative estimate of drug-likeness (QED) is 0.514. The van der Waals surface area contributed by atoms with Crippen LogP contribution in [0.3, 0.4) is 0 Å². The number of rotatable bonds is 8. The minimum atomic E-state index is -0.491. The second-order valence-corrected chi connectivity index (χ2v) is 5.03. The number of aromatic amines is 1. The molecule has 1 aromatic rings. The number of nitrogens with two attached hydrogens (primary N) is 1. The summed E-state index contributed by atoms with van der Waals surface area (Å²) in [5.41, 5.74) is 5.16. The van der Waals surface area contributed by atoms with Gasteiger partial charge in [0.15, 0.2) is 0 Å². The summed E-state index contributed by atoms with van der Waals surface area (Å²) >= 11 is 0. The highest BCUT2D eigenvalue weighted by Crippen LogP contribution is 2.11. The Morgan fingerprint density at radius 2 is 2.15 bits per heavy atom. The van der Waals surface area contributed by atoms with Crippen LogP contribution < -0.4 is 22.3 Å². The Hall–Kier alpha value is -1.76. The molecule has 0 bridgehead atoms. The van der Waals surface area contributed by atoms with Crippen LogP contribution in [0.4, 0.5) is 11.5 Å². The van der Waals surface area contributed by atoms with E-state index in [4.69, 9.17) is 10.8 Å². The summed E-state index contributed by atoms with van der Waals surface area (Å²) in [4.78, 5) is 25.6. The van der Waals surface area contributed by atoms with Crippen molar-refractivity contribution in [2.45, 2.75) is 39.7 Å². The first-order valence-electron chi connectivity index (χ1n) is 6.98. The molecule has 0 radical (unpaired) electrons. The van der Waals surface area contributed by atoms with Crippen molar-refractivity contribution >= 4 is 11.5 Å². The van der Waals surface area contributed by atoms with Gasteiger partial charge in [-0.3, -0.25) is 14.3 Å². The van der Waals surface area contributed by atoms with E-state index in [9.17, 15) is 9.59 Å². The van der Waals surface area contributed by atoms with Crippen molar-refractivity contribution in [1.82, 2.24) is 9.55 Å². The van der Waals surface area contributed by atoms with Crippen molar-refractivity contribution in [2.24, 2.45) is 5.92 Å². The van der Waals surface area contributed by atoms with Crippen molar-refractivity contribution in [3.8, 4) is 0 Å². The third-order valence-corrected chi connectivity index (χ3v) is 3.17. The maximum Gasteiger partial charge on any atom is 0.330 e. The average Bonchev–Trinajstić information content (AvgIpc) is 2.42. The van der Waals surface area contributed by atoms with Crippen molar-refractivity contribution in [1.29, 1.82) is 0 Å². The predicted octanol–water partition coefficient (Wildman–Crippen LogP) is 0.349. The molecule has 0 saturated carbocycles. The molecule has 0 aliphatic carbocycles. The number of hydrogen-bond acceptors (Lipinski definition) is 5. The number of nitrogens with zero attached hydrogens (tertiary/aromatic N) is 1. The minimum absolute atomic E-state index is 0.157. The number of hydrogen-bond donors (Lipinski definition) is 4. The van der Waals surface area contributed by atoms with E-state index in [0.29, 0.717) is 13.1 Å². The summed E-state index contributed by atoms with van der Waals surface area (Å²) in [6, 6.07) is 0. The summed E-state index contributed by atoms with van der Waals surface area (Å²) in [5.74, 6) is 0.414. The van der Waals surface area contributed by atoms with Crippen LogP contribution in [0, 0.1) is 5.92 Å². The van der Waals surface area contributed by atoms with Crippen LogP contribution >= 0.6 is 0 Å². The normalized spacial score (nSPS) is 12.3. The topological polar surface area (TPSA) is 113 Å². The highest BCUT2D eigenvalue weighted by Gasteiger charge is 2.11. The number of aliphatic hydroxyl groups is 1. The molecule has 20 heavy (non-hydrogen) atoms. The van der Waals surface area contributed by atoms with Gasteiger partial charge >= 0.3 is 5.69 Å². The van der Waals surface area contributed by atoms with Crippen LogP contribution in [0.2, 0.25) is 0 Å². The molecule has 7 nitrogen and oxygen atoms in total. The van der Waals surface area contributed by atoms with Crippen LogP contribution in [0.25, 0.3) is 0 Å². The fourth-order valence-electron chi connectivity index (χ4n) is 1.96. The lowest BCUT2D eigenvalue weighted by molar-refractivity contribution is 0.229. The summed E-state index contributed by atoms with van der Waals surface area (Å²) in [5, 5.41) is 11.9. The summed E-state index contributed by atoms with van der Waals surface area (Å²) in [6.45, 7) is 5.09. The van der Waals surface area contributed by atoms with E-state index in [1.165, 1.54) is 4.57 Å². The van der Waals surface area contributed by atoms with E-state index < -0.39 is 11.2 Å². The number of nitrogens with one attached hydrogen (secondary N) is 2. The van der Waals surface area contributed by atoms with Gasteiger partial charge in [0.25, 0.3) is 5.56 Å². The first-order chi connectivity index (χ1) is 9.51. The van der Waals surface area contributed by atoms with Gasteiger partial charge in [-0.25, -0.2) is 4.79 Å². The minimum Gasteiger partial charge on any atom is -0.396 e. The summed E-state index contributed by atoms with van der Waals surface area (Å²) < 4.78 is 1.36. The fraction of sp³-hybridized carbons (Fsp3) is 0.692. The van der Waals surface area contributed by atoms with E-state index in [2.05, 4.69) is 10.3 Å². The van der Waals surface area contributed by atoms with Crippen molar-refractivity contribution in [2.75, 3.05) is 24.2 Å². The standard InChI is InChI=1S/C13H24N4O3/c1-3-7-17-11(14)10(12(19)16-13(17)20)15-6-4-5-9(2)8-18/h9,15,18H,3-8,14H2,1-2H3,(H,16,19,20). The molecule has 1 atom stereocenters. The van der Waals surface area contributed by atoms with Crippen molar-refractivity contribution in [3.63, 3.8) is 0 Å². The molecule has 7 heteroatoms. The summed E-state index contributed by atoms with van der Waals surface area (Å²) in [6.07, 6.45) is 2.42. The van der Waals surface area contributed by atoms with Crippen LogP contribution in [-0.2, 0) is 6.54 Å². The largest absolute Gasteiger partial charge is 0.396 e. The van der Waals surface area contributed by atoms with Gasteiger partial charge in [-0.2, -0.15) is 0 Å². The number of H-pyrrole nitrogens is 1. The highest BCUT2D eigenvalue weighted by atomic mass is 16.3. The van der Waals surface area contributed by atoms with Crippen LogP contribution in [0.15, 0.2) is 9.59 Å². The monoisotopic (exact) mass is 284 g/mol. The number of aromatic nitrogens is 2. The van der Waals surface area contributed by atoms with Crippen molar-refractivity contribution in [3.05, 3.63) is 20.8 Å². The Labute approximate surface area is 117 Å². The molecule has 0 fully saturated rings. The van der Waals surface area contributed by atoms with Crippen LogP contribution in [0.1, 0.15) is 33.1 Å². The molecule has 0 aliphatic heterocycles. The van der Waals surface area contributed by atoms with Gasteiger partial charge in [0, 0.05) is 19.7 Å². The van der Waals surface area contributed by atoms with Gasteiger partial charge in [0.05, 0.1) is 0 Å². The average molecular weight is 284 g/mol. The lowest BCUT2D eigenvalue weighted by atomic mass is 10.1. The predicted molar refractivity (Wildman–Crippen MR) is 80.0 cm³/mol. The second kappa shape index (κ2) is 7.74. The van der Waals surface area contributed by atoms with Gasteiger partial charge in [0.2, 0.25) is 0 Å². The Balaban J connectivity index is 2.77. The molecule has 5 N–H and O–H groups in total. The Morgan fingerprint density at radius 3 is 2.75 bits per heavy atom. The first-order valence-corrected chi connectivity index (χ1v) is 6.98. The van der Waals surface area contributed by atoms with Gasteiger partial charge in [-0.05, 0) is 25.2 Å². The van der Waals surface area contributed by atoms with E-state index in [-0.39, 0.29) is 24.0 Å². The molecule has 0 aromatic carbocycles. The lowest BCUT2D eigenvalue weighted by Gasteiger charge is -2.13. The molecule has 0 aliphatic rings. The molecule has 1 unspecified atom stereocenters. The Morgan fingerprint density at radius 1 is 1.45 bits per heavy atom. The zero-order valence-electron chi connectivity index (χ0n) is 12.1. The maximum atomic E-state index is 11.8. The molecular weight excluding hydrogens is 260 g/mol. The van der Waals surface area contributed by atoms with Gasteiger partial charge in [0.1, 0.15) is 11.5 Å². The van der Waals surface area contributed by atoms with E-state index in [0.717, 1.165) is 19.3 Å². The molecule has 0 spiro atoms. The molecule has 0 saturated heterocycles. The fourth-order valence-corrected chi connectivity index (χ4v) is 1.96. The first kappa shape index (κ1) is 16.3. The molecule has 0 amide bonds. The second-order valence-electron chi connectivity index (χ2n) is 5.03. The Kier molecular flexibility index (Phi) is 6.30. The number of anilines is 2. The third-order valence-electron chi connectivity index (χ3n) is 3.17. The van der Waals surface area contributed by atoms with Gasteiger partial charge in [-0.15, -0.1) is 0 Å². The molecule has 114 valence electrons. The van der Waals surface area contributed by atoms with Crippen LogP contribution in [0.5, 0.6) is 0 Å². The SMILES string of the molecule is CCCn1c(N)c(NCCCC(C)CO)c(=O)[nH]c1=O. The van der Waals surface area contributed by atoms with Gasteiger partial charge in [-0.1, -0.05) is 13.8 Å². The van der Waals surface area contributed by atoms with E-state index in [1.807, 2.05) is 13.8 Å². The van der Waals surface area contributed by atoms with Crippen LogP contribution in [-0.4, -0.2) is 27.8 Å². The summed E-state index contributed by atoms with van der Waals surface area (Å²) in [7, 11) is 0.